The Balaban J connectivity index is 1.19. The number of pyridine rings is 1. The number of halogens is 3. The molecule has 0 bridgehead atoms. The predicted octanol–water partition coefficient (Wildman–Crippen LogP) is 5.04. The first-order chi connectivity index (χ1) is 21.5. The summed E-state index contributed by atoms with van der Waals surface area (Å²) in [6, 6.07) is 13.3. The standard InChI is InChI=1S/C34H40F3N7O/c1-33(2,23-38)31-10-8-28(21-41-31)39-13-5-6-29-19-26-18-25(7-9-30(26)44(29)24-34(35,36)37)20-40-27-11-16-43(17-12-27)32(45)22-42-14-3-4-15-42/h7-10,18-19,21,27,39-40H,3-4,11-17,20,22,24H2,1-2H3. The summed E-state index contributed by atoms with van der Waals surface area (Å²) in [4.78, 5) is 21.2. The van der Waals surface area contributed by atoms with Crippen molar-refractivity contribution in [2.45, 2.75) is 70.3 Å². The first-order valence-corrected chi connectivity index (χ1v) is 15.5. The SMILES string of the molecule is CC(C)(C#N)c1ccc(NCC#Cc2cc3cc(CNC4CCN(C(=O)CN5CCCC5)CC4)ccc3n2CC(F)(F)F)cn1. The van der Waals surface area contributed by atoms with Crippen molar-refractivity contribution < 1.29 is 18.0 Å². The van der Waals surface area contributed by atoms with E-state index in [1.807, 2.05) is 17.0 Å². The second-order valence-corrected chi connectivity index (χ2v) is 12.5. The van der Waals surface area contributed by atoms with Crippen LogP contribution in [0.25, 0.3) is 10.9 Å². The average Bonchev–Trinajstić information content (AvgIpc) is 3.65. The van der Waals surface area contributed by atoms with Crippen LogP contribution in [0.15, 0.2) is 42.6 Å². The lowest BCUT2D eigenvalue weighted by Gasteiger charge is -2.33. The smallest absolute Gasteiger partial charge is 0.373 e. The molecule has 2 fully saturated rings. The number of benzene rings is 1. The molecule has 11 heteroatoms. The van der Waals surface area contributed by atoms with Crippen molar-refractivity contribution in [2.24, 2.45) is 0 Å². The van der Waals surface area contributed by atoms with Gasteiger partial charge in [0.2, 0.25) is 5.91 Å². The molecule has 238 valence electrons. The van der Waals surface area contributed by atoms with E-state index in [2.05, 4.69) is 38.4 Å². The highest BCUT2D eigenvalue weighted by Crippen LogP contribution is 2.27. The predicted molar refractivity (Wildman–Crippen MR) is 168 cm³/mol. The Bertz CT molecular complexity index is 1580. The van der Waals surface area contributed by atoms with E-state index < -0.39 is 18.1 Å². The van der Waals surface area contributed by atoms with Crippen molar-refractivity contribution >= 4 is 22.5 Å². The van der Waals surface area contributed by atoms with Crippen LogP contribution in [0.1, 0.15) is 56.5 Å². The second kappa shape index (κ2) is 13.9. The second-order valence-electron chi connectivity index (χ2n) is 12.5. The summed E-state index contributed by atoms with van der Waals surface area (Å²) in [7, 11) is 0. The van der Waals surface area contributed by atoms with E-state index in [1.165, 1.54) is 17.4 Å². The lowest BCUT2D eigenvalue weighted by Crippen LogP contribution is -2.47. The van der Waals surface area contributed by atoms with E-state index in [9.17, 15) is 23.2 Å². The summed E-state index contributed by atoms with van der Waals surface area (Å²) in [5.41, 5.74) is 2.41. The number of nitrogens with zero attached hydrogens (tertiary/aromatic N) is 5. The quantitative estimate of drug-likeness (QED) is 0.327. The van der Waals surface area contributed by atoms with Gasteiger partial charge in [0.25, 0.3) is 0 Å². The number of carbonyl (C=O) groups excluding carboxylic acids is 1. The highest BCUT2D eigenvalue weighted by atomic mass is 19.4. The van der Waals surface area contributed by atoms with Crippen LogP contribution in [0.4, 0.5) is 18.9 Å². The summed E-state index contributed by atoms with van der Waals surface area (Å²) < 4.78 is 41.8. The van der Waals surface area contributed by atoms with Crippen LogP contribution in [0, 0.1) is 23.2 Å². The van der Waals surface area contributed by atoms with Crippen molar-refractivity contribution in [2.75, 3.05) is 44.6 Å². The maximum Gasteiger partial charge on any atom is 0.406 e. The lowest BCUT2D eigenvalue weighted by molar-refractivity contribution is -0.140. The number of rotatable bonds is 9. The molecule has 2 aromatic heterocycles. The third-order valence-electron chi connectivity index (χ3n) is 8.58. The summed E-state index contributed by atoms with van der Waals surface area (Å²) in [5, 5.41) is 16.7. The molecular formula is C34H40F3N7O. The molecule has 3 aromatic rings. The number of hydrogen-bond acceptors (Lipinski definition) is 6. The highest BCUT2D eigenvalue weighted by Gasteiger charge is 2.30. The zero-order chi connectivity index (χ0) is 32.0. The van der Waals surface area contributed by atoms with Crippen LogP contribution in [-0.4, -0.2) is 76.7 Å². The van der Waals surface area contributed by atoms with Gasteiger partial charge in [-0.3, -0.25) is 14.7 Å². The lowest BCUT2D eigenvalue weighted by atomic mass is 9.91. The highest BCUT2D eigenvalue weighted by molar-refractivity contribution is 5.83. The van der Waals surface area contributed by atoms with E-state index >= 15 is 0 Å². The fourth-order valence-corrected chi connectivity index (χ4v) is 5.92. The van der Waals surface area contributed by atoms with E-state index in [0.717, 1.165) is 44.6 Å². The van der Waals surface area contributed by atoms with Crippen LogP contribution >= 0.6 is 0 Å². The molecule has 0 unspecified atom stereocenters. The minimum atomic E-state index is -4.39. The monoisotopic (exact) mass is 619 g/mol. The average molecular weight is 620 g/mol. The van der Waals surface area contributed by atoms with Crippen molar-refractivity contribution in [3.8, 4) is 17.9 Å². The molecule has 4 heterocycles. The first-order valence-electron chi connectivity index (χ1n) is 15.5. The molecule has 5 rings (SSSR count). The minimum absolute atomic E-state index is 0.214. The molecule has 45 heavy (non-hydrogen) atoms. The van der Waals surface area contributed by atoms with Gasteiger partial charge in [-0.2, -0.15) is 18.4 Å². The zero-order valence-corrected chi connectivity index (χ0v) is 25.9. The van der Waals surface area contributed by atoms with Crippen molar-refractivity contribution in [3.63, 3.8) is 0 Å². The molecule has 2 saturated heterocycles. The van der Waals surface area contributed by atoms with Crippen molar-refractivity contribution in [1.82, 2.24) is 24.7 Å². The summed E-state index contributed by atoms with van der Waals surface area (Å²) in [6.07, 6.45) is 1.32. The van der Waals surface area contributed by atoms with Gasteiger partial charge in [-0.25, -0.2) is 0 Å². The topological polar surface area (TPSA) is 89.2 Å². The Kier molecular flexibility index (Phi) is 10.0. The van der Waals surface area contributed by atoms with Crippen LogP contribution in [-0.2, 0) is 23.3 Å². The van der Waals surface area contributed by atoms with E-state index in [0.29, 0.717) is 41.1 Å². The third kappa shape index (κ3) is 8.56. The molecule has 2 N–H and O–H groups in total. The Labute approximate surface area is 262 Å². The molecule has 0 atom stereocenters. The number of piperidine rings is 1. The molecule has 1 amide bonds. The number of alkyl halides is 3. The number of aromatic nitrogens is 2. The fourth-order valence-electron chi connectivity index (χ4n) is 5.92. The number of nitrogens with one attached hydrogen (secondary N) is 2. The molecule has 0 spiro atoms. The molecule has 0 aliphatic carbocycles. The van der Waals surface area contributed by atoms with E-state index in [-0.39, 0.29) is 18.5 Å². The van der Waals surface area contributed by atoms with Gasteiger partial charge in [0.15, 0.2) is 0 Å². The number of hydrogen-bond donors (Lipinski definition) is 2. The zero-order valence-electron chi connectivity index (χ0n) is 25.9. The number of likely N-dealkylation sites (tertiary alicyclic amines) is 2. The molecule has 8 nitrogen and oxygen atoms in total. The summed E-state index contributed by atoms with van der Waals surface area (Å²) >= 11 is 0. The van der Waals surface area contributed by atoms with E-state index in [4.69, 9.17) is 0 Å². The summed E-state index contributed by atoms with van der Waals surface area (Å²) in [6.45, 7) is 7.28. The number of nitriles is 1. The number of anilines is 1. The van der Waals surface area contributed by atoms with Gasteiger partial charge in [-0.1, -0.05) is 12.0 Å². The van der Waals surface area contributed by atoms with Crippen LogP contribution in [0.3, 0.4) is 0 Å². The van der Waals surface area contributed by atoms with Crippen molar-refractivity contribution in [1.29, 1.82) is 5.26 Å². The van der Waals surface area contributed by atoms with E-state index in [1.54, 1.807) is 44.3 Å². The molecule has 2 aliphatic rings. The third-order valence-corrected chi connectivity index (χ3v) is 8.58. The van der Waals surface area contributed by atoms with Gasteiger partial charge in [0, 0.05) is 36.6 Å². The van der Waals surface area contributed by atoms with Gasteiger partial charge in [0.05, 0.1) is 47.8 Å². The largest absolute Gasteiger partial charge is 0.406 e. The Hall–Kier alpha value is -4.06. The van der Waals surface area contributed by atoms with Crippen LogP contribution < -0.4 is 10.6 Å². The minimum Gasteiger partial charge on any atom is -0.373 e. The maximum absolute atomic E-state index is 13.5. The van der Waals surface area contributed by atoms with Gasteiger partial charge in [-0.15, -0.1) is 0 Å². The normalized spacial score (nSPS) is 16.4. The Morgan fingerprint density at radius 1 is 1.07 bits per heavy atom. The molecule has 2 aliphatic heterocycles. The molecule has 0 saturated carbocycles. The molecular weight excluding hydrogens is 579 g/mol. The number of fused-ring (bicyclic) bond motifs is 1. The van der Waals surface area contributed by atoms with Gasteiger partial charge in [0.1, 0.15) is 6.54 Å². The Morgan fingerprint density at radius 2 is 1.82 bits per heavy atom. The number of carbonyl (C=O) groups is 1. The fraction of sp³-hybridized carbons (Fsp3) is 0.500. The van der Waals surface area contributed by atoms with Crippen molar-refractivity contribution in [3.05, 3.63) is 59.5 Å². The summed E-state index contributed by atoms with van der Waals surface area (Å²) in [5.74, 6) is 6.06. The number of amides is 1. The Morgan fingerprint density at radius 3 is 2.49 bits per heavy atom. The van der Waals surface area contributed by atoms with Crippen LogP contribution in [0.5, 0.6) is 0 Å². The molecule has 0 radical (unpaired) electrons. The van der Waals surface area contributed by atoms with Gasteiger partial charge >= 0.3 is 6.18 Å². The maximum atomic E-state index is 13.5. The van der Waals surface area contributed by atoms with Gasteiger partial charge in [-0.05, 0) is 94.4 Å². The molecule has 1 aromatic carbocycles. The van der Waals surface area contributed by atoms with Crippen LogP contribution in [0.2, 0.25) is 0 Å². The first kappa shape index (κ1) is 32.3. The van der Waals surface area contributed by atoms with Gasteiger partial charge < -0.3 is 20.1 Å².